The van der Waals surface area contributed by atoms with E-state index in [0.717, 1.165) is 89.0 Å². The molecule has 0 bridgehead atoms. The zero-order valence-corrected chi connectivity index (χ0v) is 36.1. The van der Waals surface area contributed by atoms with Crippen LogP contribution >= 0.6 is 0 Å². The van der Waals surface area contributed by atoms with Gasteiger partial charge in [-0.2, -0.15) is 5.10 Å². The number of nitrogens with one attached hydrogen (secondary N) is 1. The summed E-state index contributed by atoms with van der Waals surface area (Å²) < 4.78 is 13.9. The Bertz CT molecular complexity index is 2300. The van der Waals surface area contributed by atoms with Crippen molar-refractivity contribution in [3.05, 3.63) is 66.5 Å². The Balaban J connectivity index is 0.755. The normalized spacial score (nSPS) is 24.1. The number of carbonyl (C=O) groups excluding carboxylic acids is 3. The van der Waals surface area contributed by atoms with Gasteiger partial charge in [-0.1, -0.05) is 30.7 Å². The van der Waals surface area contributed by atoms with Crippen molar-refractivity contribution >= 4 is 35.1 Å². The largest absolute Gasteiger partial charge is 0.489 e. The van der Waals surface area contributed by atoms with E-state index in [4.69, 9.17) is 15.2 Å². The molecule has 4 aromatic rings. The van der Waals surface area contributed by atoms with Crippen LogP contribution in [-0.2, 0) is 9.59 Å². The number of hydrogen-bond acceptors (Lipinski definition) is 12. The van der Waals surface area contributed by atoms with Crippen molar-refractivity contribution in [3.63, 3.8) is 0 Å². The number of likely N-dealkylation sites (tertiary alicyclic amines) is 2. The van der Waals surface area contributed by atoms with E-state index in [0.29, 0.717) is 85.7 Å². The predicted molar refractivity (Wildman–Crippen MR) is 239 cm³/mol. The first-order valence-corrected chi connectivity index (χ1v) is 23.2. The number of carbonyl (C=O) groups is 3. The van der Waals surface area contributed by atoms with Crippen LogP contribution < -0.4 is 30.3 Å². The van der Waals surface area contributed by atoms with Crippen LogP contribution in [0.15, 0.2) is 60.9 Å². The summed E-state index contributed by atoms with van der Waals surface area (Å²) in [7, 11) is 0. The molecule has 1 aliphatic carbocycles. The summed E-state index contributed by atoms with van der Waals surface area (Å²) in [6, 6.07) is 16.2. The molecule has 2 aromatic carbocycles. The number of nitrogen functional groups attached to an aromatic ring is 1. The fourth-order valence-electron chi connectivity index (χ4n) is 10.9. The number of para-hydroxylation sites is 2. The maximum absolute atomic E-state index is 13.8. The highest BCUT2D eigenvalue weighted by Gasteiger charge is 2.37. The summed E-state index contributed by atoms with van der Waals surface area (Å²) in [6.45, 7) is 7.36. The number of piperidine rings is 3. The van der Waals surface area contributed by atoms with E-state index in [1.54, 1.807) is 39.0 Å². The Hall–Kier alpha value is -5.74. The molecule has 332 valence electrons. The molecule has 4 saturated heterocycles. The minimum Gasteiger partial charge on any atom is -0.489 e. The minimum absolute atomic E-state index is 0.0354. The quantitative estimate of drug-likeness (QED) is 0.238. The van der Waals surface area contributed by atoms with E-state index >= 15 is 0 Å². The van der Waals surface area contributed by atoms with Crippen LogP contribution in [0.3, 0.4) is 0 Å². The second kappa shape index (κ2) is 18.2. The van der Waals surface area contributed by atoms with E-state index in [2.05, 4.69) is 53.5 Å². The fraction of sp³-hybridized carbons (Fsp3) is 0.532. The van der Waals surface area contributed by atoms with Crippen molar-refractivity contribution in [1.82, 2.24) is 40.0 Å². The van der Waals surface area contributed by atoms with Crippen LogP contribution in [0.2, 0.25) is 0 Å². The minimum atomic E-state index is -0.363. The fourth-order valence-corrected chi connectivity index (χ4v) is 10.9. The van der Waals surface area contributed by atoms with E-state index in [1.807, 2.05) is 18.2 Å². The summed E-state index contributed by atoms with van der Waals surface area (Å²) >= 11 is 0. The van der Waals surface area contributed by atoms with Gasteiger partial charge >= 0.3 is 6.09 Å². The molecular formula is C47H59N11O5. The van der Waals surface area contributed by atoms with Crippen LogP contribution in [0.5, 0.6) is 11.5 Å². The van der Waals surface area contributed by atoms with E-state index < -0.39 is 0 Å². The van der Waals surface area contributed by atoms with Gasteiger partial charge in [-0.05, 0) is 113 Å². The number of piperazine rings is 1. The van der Waals surface area contributed by atoms with Gasteiger partial charge < -0.3 is 40.1 Å². The van der Waals surface area contributed by atoms with Gasteiger partial charge in [0.25, 0.3) is 0 Å². The second-order valence-corrected chi connectivity index (χ2v) is 18.0. The van der Waals surface area contributed by atoms with Gasteiger partial charge in [0, 0.05) is 50.4 Å². The number of nitrogens with zero attached hydrogens (tertiary/aromatic N) is 9. The molecule has 1 saturated carbocycles. The number of amides is 3. The van der Waals surface area contributed by atoms with Gasteiger partial charge in [0.1, 0.15) is 29.8 Å². The highest BCUT2D eigenvalue weighted by atomic mass is 16.6. The van der Waals surface area contributed by atoms with Gasteiger partial charge in [-0.15, -0.1) is 10.2 Å². The SMILES string of the molecule is Nc1nnc(-c2ccccc2OC(=O)N2CCC(N3CCCCC3)CC2)cc1-n1cc(N2CCN(C3CCC(c4cccc5c4OCCN5[C@H]4CCCNC4=O)CC3)CC2=O)cn1. The molecule has 63 heavy (non-hydrogen) atoms. The van der Waals surface area contributed by atoms with Gasteiger partial charge in [0.15, 0.2) is 5.82 Å². The molecule has 5 aliphatic heterocycles. The Labute approximate surface area is 368 Å². The van der Waals surface area contributed by atoms with Crippen molar-refractivity contribution in [2.24, 2.45) is 0 Å². The highest BCUT2D eigenvalue weighted by Crippen LogP contribution is 2.45. The molecule has 6 aliphatic rings. The molecule has 16 heteroatoms. The van der Waals surface area contributed by atoms with Gasteiger partial charge in [-0.25, -0.2) is 9.48 Å². The van der Waals surface area contributed by atoms with Crippen LogP contribution in [-0.4, -0.2) is 136 Å². The smallest absolute Gasteiger partial charge is 0.415 e. The molecule has 10 rings (SSSR count). The van der Waals surface area contributed by atoms with E-state index in [1.165, 1.54) is 24.8 Å². The van der Waals surface area contributed by atoms with E-state index in [9.17, 15) is 14.4 Å². The lowest BCUT2D eigenvalue weighted by molar-refractivity contribution is -0.124. The van der Waals surface area contributed by atoms with Gasteiger partial charge in [0.05, 0.1) is 42.6 Å². The molecule has 3 amide bonds. The summed E-state index contributed by atoms with van der Waals surface area (Å²) in [5.74, 6) is 2.04. The lowest BCUT2D eigenvalue weighted by Crippen LogP contribution is -2.54. The number of nitrogens with two attached hydrogens (primary N) is 1. The first-order valence-electron chi connectivity index (χ1n) is 23.2. The monoisotopic (exact) mass is 857 g/mol. The summed E-state index contributed by atoms with van der Waals surface area (Å²) in [5.41, 5.74) is 10.9. The van der Waals surface area contributed by atoms with Crippen molar-refractivity contribution in [1.29, 1.82) is 0 Å². The van der Waals surface area contributed by atoms with Crippen LogP contribution in [0, 0.1) is 0 Å². The molecule has 0 radical (unpaired) electrons. The summed E-state index contributed by atoms with van der Waals surface area (Å²) in [6.07, 6.45) is 14.8. The Morgan fingerprint density at radius 2 is 1.60 bits per heavy atom. The van der Waals surface area contributed by atoms with E-state index in [-0.39, 0.29) is 29.8 Å². The van der Waals surface area contributed by atoms with Crippen LogP contribution in [0.4, 0.5) is 22.0 Å². The number of rotatable bonds is 8. The first kappa shape index (κ1) is 41.3. The number of benzene rings is 2. The third-order valence-corrected chi connectivity index (χ3v) is 14.4. The third-order valence-electron chi connectivity index (χ3n) is 14.4. The maximum atomic E-state index is 13.8. The topological polar surface area (TPSA) is 168 Å². The van der Waals surface area contributed by atoms with Crippen LogP contribution in [0.1, 0.15) is 82.1 Å². The number of aromatic nitrogens is 4. The number of ether oxygens (including phenoxy) is 2. The average Bonchev–Trinajstić information content (AvgIpc) is 3.82. The molecule has 5 fully saturated rings. The number of fused-ring (bicyclic) bond motifs is 1. The Morgan fingerprint density at radius 1 is 0.794 bits per heavy atom. The maximum Gasteiger partial charge on any atom is 0.415 e. The molecular weight excluding hydrogens is 799 g/mol. The zero-order chi connectivity index (χ0) is 42.9. The van der Waals surface area contributed by atoms with Gasteiger partial charge in [0.2, 0.25) is 11.8 Å². The molecule has 3 N–H and O–H groups in total. The first-order chi connectivity index (χ1) is 30.9. The Kier molecular flexibility index (Phi) is 11.9. The highest BCUT2D eigenvalue weighted by molar-refractivity contribution is 5.95. The summed E-state index contributed by atoms with van der Waals surface area (Å²) in [4.78, 5) is 50.7. The predicted octanol–water partition coefficient (Wildman–Crippen LogP) is 5.21. The lowest BCUT2D eigenvalue weighted by Gasteiger charge is -2.42. The molecule has 0 spiro atoms. The molecule has 2 aromatic heterocycles. The number of hydrogen-bond donors (Lipinski definition) is 2. The number of anilines is 3. The molecule has 0 unspecified atom stereocenters. The zero-order valence-electron chi connectivity index (χ0n) is 36.1. The lowest BCUT2D eigenvalue weighted by atomic mass is 9.80. The van der Waals surface area contributed by atoms with Gasteiger partial charge in [-0.3, -0.25) is 14.5 Å². The third kappa shape index (κ3) is 8.54. The van der Waals surface area contributed by atoms with Crippen molar-refractivity contribution in [2.45, 2.75) is 94.7 Å². The van der Waals surface area contributed by atoms with Crippen LogP contribution in [0.25, 0.3) is 16.9 Å². The van der Waals surface area contributed by atoms with Crippen molar-refractivity contribution < 1.29 is 23.9 Å². The Morgan fingerprint density at radius 3 is 2.41 bits per heavy atom. The molecule has 7 heterocycles. The van der Waals surface area contributed by atoms with Crippen molar-refractivity contribution in [3.8, 4) is 28.4 Å². The summed E-state index contributed by atoms with van der Waals surface area (Å²) in [5, 5.41) is 16.3. The molecule has 16 nitrogen and oxygen atoms in total. The molecule has 1 atom stereocenters. The second-order valence-electron chi connectivity index (χ2n) is 18.0. The average molecular weight is 858 g/mol. The van der Waals surface area contributed by atoms with Crippen molar-refractivity contribution in [2.75, 3.05) is 81.0 Å². The standard InChI is InChI=1S/C47H59N11O5/c48-45-41(28-38(51-52-45)37-8-2-3-12-42(37)63-47(61)54-22-17-34(18-23-54)53-20-4-1-5-21-53)58-30-35(29-50-58)56-25-24-55(31-43(56)59)33-15-13-32(14-16-33)36-9-6-10-39-44(36)62-27-26-57(39)40-11-7-19-49-46(40)60/h2-3,6,8-10,12,28-30,32-34,40H,1,4-5,7,11,13-27,31H2,(H2,48,52)(H,49,60)/t32?,33?,40-/m0/s1.